The molecule has 1 aromatic carbocycles. The summed E-state index contributed by atoms with van der Waals surface area (Å²) < 4.78 is 0. The summed E-state index contributed by atoms with van der Waals surface area (Å²) in [6.45, 7) is 0. The molecule has 0 fully saturated rings. The molecule has 0 amide bonds. The minimum Gasteiger partial charge on any atom is -0.508 e. The maximum absolute atomic E-state index is 9.44. The highest BCUT2D eigenvalue weighted by Gasteiger charge is 2.00. The van der Waals surface area contributed by atoms with Gasteiger partial charge in [-0.1, -0.05) is 0 Å². The fourth-order valence-corrected chi connectivity index (χ4v) is 1.12. The molecule has 0 radical (unpaired) electrons. The van der Waals surface area contributed by atoms with Crippen LogP contribution in [-0.4, -0.2) is 15.2 Å². The van der Waals surface area contributed by atoms with Crippen LogP contribution in [0, 0.1) is 0 Å². The lowest BCUT2D eigenvalue weighted by atomic mass is 10.3. The minimum absolute atomic E-state index is 0.0136. The van der Waals surface area contributed by atoms with E-state index in [4.69, 9.17) is 5.11 Å². The number of aromatic nitrogens is 1. The molecule has 0 aliphatic heterocycles. The molecule has 0 aliphatic carbocycles. The fourth-order valence-electron chi connectivity index (χ4n) is 1.12. The van der Waals surface area contributed by atoms with Crippen LogP contribution in [-0.2, 0) is 0 Å². The lowest BCUT2D eigenvalue weighted by Gasteiger charge is -1.97. The molecule has 0 aliphatic rings. The Hall–Kier alpha value is -2.43. The normalized spacial score (nSPS) is 10.8. The zero-order valence-corrected chi connectivity index (χ0v) is 8.28. The number of azo groups is 1. The van der Waals surface area contributed by atoms with E-state index in [-0.39, 0.29) is 11.5 Å². The number of benzene rings is 1. The lowest BCUT2D eigenvalue weighted by molar-refractivity contribution is 0.451. The quantitative estimate of drug-likeness (QED) is 0.756. The van der Waals surface area contributed by atoms with E-state index in [1.807, 2.05) is 0 Å². The van der Waals surface area contributed by atoms with E-state index in [2.05, 4.69) is 15.2 Å². The minimum atomic E-state index is -0.113. The van der Waals surface area contributed by atoms with Crippen molar-refractivity contribution < 1.29 is 10.2 Å². The molecule has 0 atom stereocenters. The zero-order chi connectivity index (χ0) is 11.4. The summed E-state index contributed by atoms with van der Waals surface area (Å²) in [4.78, 5) is 3.85. The lowest BCUT2D eigenvalue weighted by Crippen LogP contribution is -1.69. The van der Waals surface area contributed by atoms with Crippen LogP contribution >= 0.6 is 0 Å². The summed E-state index contributed by atoms with van der Waals surface area (Å²) in [7, 11) is 0. The van der Waals surface area contributed by atoms with E-state index in [1.54, 1.807) is 24.5 Å². The Morgan fingerprint density at radius 3 is 2.38 bits per heavy atom. The largest absolute Gasteiger partial charge is 0.508 e. The number of phenols is 2. The average Bonchev–Trinajstić information content (AvgIpc) is 2.29. The Labute approximate surface area is 91.7 Å². The van der Waals surface area contributed by atoms with Crippen LogP contribution in [0.25, 0.3) is 0 Å². The Balaban J connectivity index is 2.24. The van der Waals surface area contributed by atoms with E-state index in [0.717, 1.165) is 0 Å². The van der Waals surface area contributed by atoms with Crippen LogP contribution in [0.15, 0.2) is 53.0 Å². The molecule has 2 N–H and O–H groups in total. The van der Waals surface area contributed by atoms with Gasteiger partial charge in [-0.15, -0.1) is 5.11 Å². The van der Waals surface area contributed by atoms with E-state index < -0.39 is 0 Å². The van der Waals surface area contributed by atoms with Crippen molar-refractivity contribution >= 4 is 11.4 Å². The maximum atomic E-state index is 9.44. The van der Waals surface area contributed by atoms with Crippen LogP contribution in [0.3, 0.4) is 0 Å². The maximum Gasteiger partial charge on any atom is 0.146 e. The van der Waals surface area contributed by atoms with E-state index >= 15 is 0 Å². The van der Waals surface area contributed by atoms with Crippen molar-refractivity contribution in [2.45, 2.75) is 0 Å². The summed E-state index contributed by atoms with van der Waals surface area (Å²) in [5.74, 6) is -0.127. The monoisotopic (exact) mass is 215 g/mol. The van der Waals surface area contributed by atoms with Crippen LogP contribution in [0.1, 0.15) is 0 Å². The van der Waals surface area contributed by atoms with E-state index in [9.17, 15) is 5.11 Å². The predicted octanol–water partition coefficient (Wildman–Crippen LogP) is 2.91. The summed E-state index contributed by atoms with van der Waals surface area (Å²) >= 11 is 0. The smallest absolute Gasteiger partial charge is 0.146 e. The Kier molecular flexibility index (Phi) is 2.77. The number of phenolic OH excluding ortho intramolecular Hbond substituents is 2. The molecule has 2 rings (SSSR count). The number of hydrogen-bond acceptors (Lipinski definition) is 5. The van der Waals surface area contributed by atoms with Gasteiger partial charge in [0.15, 0.2) is 0 Å². The first-order chi connectivity index (χ1) is 7.75. The highest BCUT2D eigenvalue weighted by atomic mass is 16.3. The van der Waals surface area contributed by atoms with Crippen LogP contribution < -0.4 is 0 Å². The molecule has 0 spiro atoms. The van der Waals surface area contributed by atoms with Gasteiger partial charge in [0.05, 0.1) is 5.69 Å². The van der Waals surface area contributed by atoms with Crippen molar-refractivity contribution in [3.63, 3.8) is 0 Å². The van der Waals surface area contributed by atoms with Gasteiger partial charge in [-0.2, -0.15) is 5.11 Å². The van der Waals surface area contributed by atoms with Gasteiger partial charge in [-0.3, -0.25) is 4.98 Å². The molecular weight excluding hydrogens is 206 g/mol. The first-order valence-electron chi connectivity index (χ1n) is 4.59. The SMILES string of the molecule is Oc1ccc(N=Nc2ccncc2)c(O)c1. The summed E-state index contributed by atoms with van der Waals surface area (Å²) in [5.41, 5.74) is 0.942. The second kappa shape index (κ2) is 4.39. The van der Waals surface area contributed by atoms with E-state index in [0.29, 0.717) is 11.4 Å². The molecule has 80 valence electrons. The molecule has 16 heavy (non-hydrogen) atoms. The number of nitrogens with zero attached hydrogens (tertiary/aromatic N) is 3. The third kappa shape index (κ3) is 2.33. The topological polar surface area (TPSA) is 78.1 Å². The number of pyridine rings is 1. The zero-order valence-electron chi connectivity index (χ0n) is 8.28. The number of hydrogen-bond donors (Lipinski definition) is 2. The molecule has 0 bridgehead atoms. The highest BCUT2D eigenvalue weighted by molar-refractivity contribution is 5.53. The Morgan fingerprint density at radius 1 is 0.938 bits per heavy atom. The summed E-state index contributed by atoms with van der Waals surface area (Å²) in [5, 5.41) is 26.3. The highest BCUT2D eigenvalue weighted by Crippen LogP contribution is 2.30. The number of aromatic hydroxyl groups is 2. The van der Waals surface area contributed by atoms with Crippen molar-refractivity contribution in [1.29, 1.82) is 0 Å². The fraction of sp³-hybridized carbons (Fsp3) is 0. The van der Waals surface area contributed by atoms with Crippen molar-refractivity contribution in [1.82, 2.24) is 4.98 Å². The van der Waals surface area contributed by atoms with Crippen molar-refractivity contribution in [2.24, 2.45) is 10.2 Å². The van der Waals surface area contributed by atoms with Gasteiger partial charge < -0.3 is 10.2 Å². The number of rotatable bonds is 2. The molecule has 1 heterocycles. The summed E-state index contributed by atoms with van der Waals surface area (Å²) in [6, 6.07) is 7.51. The van der Waals surface area contributed by atoms with Gasteiger partial charge in [-0.25, -0.2) is 0 Å². The van der Waals surface area contributed by atoms with E-state index in [1.165, 1.54) is 18.2 Å². The third-order valence-electron chi connectivity index (χ3n) is 1.89. The van der Waals surface area contributed by atoms with Crippen molar-refractivity contribution in [3.05, 3.63) is 42.7 Å². The van der Waals surface area contributed by atoms with Gasteiger partial charge in [0.2, 0.25) is 0 Å². The third-order valence-corrected chi connectivity index (χ3v) is 1.89. The average molecular weight is 215 g/mol. The van der Waals surface area contributed by atoms with Gasteiger partial charge in [0.25, 0.3) is 0 Å². The molecule has 5 heteroatoms. The van der Waals surface area contributed by atoms with Gasteiger partial charge >= 0.3 is 0 Å². The van der Waals surface area contributed by atoms with Crippen LogP contribution in [0.4, 0.5) is 11.4 Å². The first kappa shape index (κ1) is 10.1. The standard InChI is InChI=1S/C11H9N3O2/c15-9-1-2-10(11(16)7-9)14-13-8-3-5-12-6-4-8/h1-7,15-16H. The molecule has 0 saturated heterocycles. The predicted molar refractivity (Wildman–Crippen MR) is 58.2 cm³/mol. The van der Waals surface area contributed by atoms with Gasteiger partial charge in [-0.05, 0) is 24.3 Å². The van der Waals surface area contributed by atoms with Crippen LogP contribution in [0.5, 0.6) is 11.5 Å². The molecule has 1 aromatic heterocycles. The summed E-state index contributed by atoms with van der Waals surface area (Å²) in [6.07, 6.45) is 3.20. The molecule has 5 nitrogen and oxygen atoms in total. The first-order valence-corrected chi connectivity index (χ1v) is 4.59. The Bertz CT molecular complexity index is 512. The Morgan fingerprint density at radius 2 is 1.69 bits per heavy atom. The molecule has 2 aromatic rings. The van der Waals surface area contributed by atoms with Gasteiger partial charge in [0.1, 0.15) is 17.2 Å². The van der Waals surface area contributed by atoms with Gasteiger partial charge in [0, 0.05) is 18.5 Å². The van der Waals surface area contributed by atoms with Crippen molar-refractivity contribution in [2.75, 3.05) is 0 Å². The molecular formula is C11H9N3O2. The molecule has 0 unspecified atom stereocenters. The second-order valence-corrected chi connectivity index (χ2v) is 3.08. The second-order valence-electron chi connectivity index (χ2n) is 3.08. The van der Waals surface area contributed by atoms with Crippen LogP contribution in [0.2, 0.25) is 0 Å². The van der Waals surface area contributed by atoms with Crippen molar-refractivity contribution in [3.8, 4) is 11.5 Å². The molecule has 0 saturated carbocycles.